The van der Waals surface area contributed by atoms with Crippen LogP contribution in [0.4, 0.5) is 0 Å². The van der Waals surface area contributed by atoms with E-state index in [0.29, 0.717) is 5.41 Å². The molecular formula is C12H24. The number of hydrogen-bond acceptors (Lipinski definition) is 0. The maximum atomic E-state index is 2.46. The van der Waals surface area contributed by atoms with E-state index >= 15 is 0 Å². The van der Waals surface area contributed by atoms with Crippen LogP contribution >= 0.6 is 0 Å². The Hall–Kier alpha value is 0. The third-order valence-electron chi connectivity index (χ3n) is 4.41. The molecule has 0 saturated heterocycles. The minimum atomic E-state index is 0.576. The number of hydrogen-bond donors (Lipinski definition) is 0. The Morgan fingerprint density at radius 3 is 2.17 bits per heavy atom. The monoisotopic (exact) mass is 168 g/mol. The van der Waals surface area contributed by atoms with Crippen LogP contribution in [0.3, 0.4) is 0 Å². The molecule has 1 aliphatic carbocycles. The summed E-state index contributed by atoms with van der Waals surface area (Å²) in [6.45, 7) is 12.1. The van der Waals surface area contributed by atoms with Gasteiger partial charge in [0.2, 0.25) is 0 Å². The first-order chi connectivity index (χ1) is 5.50. The maximum absolute atomic E-state index is 2.46. The van der Waals surface area contributed by atoms with E-state index in [1.165, 1.54) is 19.3 Å². The molecule has 0 heteroatoms. The van der Waals surface area contributed by atoms with Crippen molar-refractivity contribution in [3.8, 4) is 0 Å². The summed E-state index contributed by atoms with van der Waals surface area (Å²) in [6.07, 6.45) is 4.24. The lowest BCUT2D eigenvalue weighted by atomic mass is 9.58. The van der Waals surface area contributed by atoms with Crippen molar-refractivity contribution in [3.63, 3.8) is 0 Å². The highest BCUT2D eigenvalue weighted by molar-refractivity contribution is 4.89. The molecule has 12 heavy (non-hydrogen) atoms. The molecule has 0 heterocycles. The quantitative estimate of drug-likeness (QED) is 0.553. The van der Waals surface area contributed by atoms with Gasteiger partial charge in [0.15, 0.2) is 0 Å². The average Bonchev–Trinajstić information content (AvgIpc) is 1.98. The fourth-order valence-corrected chi connectivity index (χ4v) is 3.11. The highest BCUT2D eigenvalue weighted by atomic mass is 14.4. The summed E-state index contributed by atoms with van der Waals surface area (Å²) >= 11 is 0. The highest BCUT2D eigenvalue weighted by Crippen LogP contribution is 2.48. The summed E-state index contributed by atoms with van der Waals surface area (Å²) < 4.78 is 0. The molecule has 1 saturated carbocycles. The molecule has 1 unspecified atom stereocenters. The molecule has 0 aromatic carbocycles. The Morgan fingerprint density at radius 2 is 1.75 bits per heavy atom. The summed E-state index contributed by atoms with van der Waals surface area (Å²) in [7, 11) is 0. The molecule has 0 bridgehead atoms. The van der Waals surface area contributed by atoms with Gasteiger partial charge in [-0.3, -0.25) is 0 Å². The molecule has 0 nitrogen and oxygen atoms in total. The van der Waals surface area contributed by atoms with Crippen molar-refractivity contribution in [2.24, 2.45) is 23.2 Å². The lowest BCUT2D eigenvalue weighted by Gasteiger charge is -2.47. The van der Waals surface area contributed by atoms with E-state index < -0.39 is 0 Å². The van der Waals surface area contributed by atoms with Gasteiger partial charge in [-0.05, 0) is 29.6 Å². The molecular weight excluding hydrogens is 144 g/mol. The van der Waals surface area contributed by atoms with Crippen molar-refractivity contribution in [1.29, 1.82) is 0 Å². The van der Waals surface area contributed by atoms with Gasteiger partial charge >= 0.3 is 0 Å². The van der Waals surface area contributed by atoms with E-state index in [1.807, 2.05) is 0 Å². The van der Waals surface area contributed by atoms with E-state index in [0.717, 1.165) is 17.8 Å². The van der Waals surface area contributed by atoms with E-state index in [2.05, 4.69) is 34.6 Å². The van der Waals surface area contributed by atoms with Gasteiger partial charge < -0.3 is 0 Å². The lowest BCUT2D eigenvalue weighted by molar-refractivity contribution is 0.0257. The molecule has 72 valence electrons. The fraction of sp³-hybridized carbons (Fsp3) is 1.00. The van der Waals surface area contributed by atoms with Gasteiger partial charge in [0, 0.05) is 0 Å². The van der Waals surface area contributed by atoms with Crippen LogP contribution in [0.15, 0.2) is 0 Å². The normalized spacial score (nSPS) is 41.2. The smallest absolute Gasteiger partial charge is 0.0298 e. The molecule has 0 radical (unpaired) electrons. The second-order valence-electron chi connectivity index (χ2n) is 5.29. The predicted octanol–water partition coefficient (Wildman–Crippen LogP) is 4.10. The second-order valence-corrected chi connectivity index (χ2v) is 5.29. The number of rotatable bonds is 1. The van der Waals surface area contributed by atoms with E-state index in [4.69, 9.17) is 0 Å². The average molecular weight is 168 g/mol. The first kappa shape index (κ1) is 10.1. The van der Waals surface area contributed by atoms with Gasteiger partial charge in [0.25, 0.3) is 0 Å². The van der Waals surface area contributed by atoms with Crippen LogP contribution in [0.2, 0.25) is 0 Å². The van der Waals surface area contributed by atoms with Gasteiger partial charge in [-0.25, -0.2) is 0 Å². The fourth-order valence-electron chi connectivity index (χ4n) is 3.11. The molecule has 1 aliphatic rings. The summed E-state index contributed by atoms with van der Waals surface area (Å²) in [6, 6.07) is 0. The first-order valence-corrected chi connectivity index (χ1v) is 5.50. The molecule has 1 rings (SSSR count). The molecule has 0 aromatic rings. The topological polar surface area (TPSA) is 0 Å². The molecule has 0 amide bonds. The SMILES string of the molecule is CC[C@@H]1C(C)CC[C@H](C)C1(C)C. The Labute approximate surface area is 77.7 Å². The third kappa shape index (κ3) is 1.53. The third-order valence-corrected chi connectivity index (χ3v) is 4.41. The lowest BCUT2D eigenvalue weighted by Crippen LogP contribution is -2.39. The molecule has 0 spiro atoms. The van der Waals surface area contributed by atoms with E-state index in [1.54, 1.807) is 0 Å². The summed E-state index contributed by atoms with van der Waals surface area (Å²) in [5, 5.41) is 0. The molecule has 3 atom stereocenters. The van der Waals surface area contributed by atoms with Crippen molar-refractivity contribution < 1.29 is 0 Å². The molecule has 0 aliphatic heterocycles. The minimum Gasteiger partial charge on any atom is -0.0651 e. The first-order valence-electron chi connectivity index (χ1n) is 5.50. The van der Waals surface area contributed by atoms with Crippen LogP contribution in [0.5, 0.6) is 0 Å². The molecule has 1 fully saturated rings. The van der Waals surface area contributed by atoms with Crippen molar-refractivity contribution in [1.82, 2.24) is 0 Å². The van der Waals surface area contributed by atoms with Crippen molar-refractivity contribution >= 4 is 0 Å². The Morgan fingerprint density at radius 1 is 1.17 bits per heavy atom. The van der Waals surface area contributed by atoms with Gasteiger partial charge in [0.05, 0.1) is 0 Å². The molecule has 0 N–H and O–H groups in total. The summed E-state index contributed by atoms with van der Waals surface area (Å²) in [5.74, 6) is 2.81. The van der Waals surface area contributed by atoms with Crippen LogP contribution in [0.1, 0.15) is 53.9 Å². The van der Waals surface area contributed by atoms with Crippen LogP contribution in [0.25, 0.3) is 0 Å². The largest absolute Gasteiger partial charge is 0.0651 e. The van der Waals surface area contributed by atoms with Gasteiger partial charge in [-0.15, -0.1) is 0 Å². The molecule has 0 aromatic heterocycles. The van der Waals surface area contributed by atoms with E-state index in [-0.39, 0.29) is 0 Å². The van der Waals surface area contributed by atoms with Crippen LogP contribution < -0.4 is 0 Å². The van der Waals surface area contributed by atoms with Crippen molar-refractivity contribution in [2.45, 2.75) is 53.9 Å². The maximum Gasteiger partial charge on any atom is -0.0298 e. The zero-order valence-electron chi connectivity index (χ0n) is 9.35. The summed E-state index contributed by atoms with van der Waals surface area (Å²) in [4.78, 5) is 0. The van der Waals surface area contributed by atoms with Crippen LogP contribution in [-0.4, -0.2) is 0 Å². The van der Waals surface area contributed by atoms with Gasteiger partial charge in [-0.2, -0.15) is 0 Å². The standard InChI is InChI=1S/C12H24/c1-6-11-9(2)7-8-10(3)12(11,4)5/h9-11H,6-8H2,1-5H3/t9?,10-,11+/m0/s1. The zero-order chi connectivity index (χ0) is 9.35. The predicted molar refractivity (Wildman–Crippen MR) is 55.1 cm³/mol. The van der Waals surface area contributed by atoms with E-state index in [9.17, 15) is 0 Å². The van der Waals surface area contributed by atoms with Crippen molar-refractivity contribution in [2.75, 3.05) is 0 Å². The van der Waals surface area contributed by atoms with Crippen molar-refractivity contribution in [3.05, 3.63) is 0 Å². The highest BCUT2D eigenvalue weighted by Gasteiger charge is 2.40. The summed E-state index contributed by atoms with van der Waals surface area (Å²) in [5.41, 5.74) is 0.576. The second kappa shape index (κ2) is 3.40. The van der Waals surface area contributed by atoms with Crippen LogP contribution in [-0.2, 0) is 0 Å². The Bertz CT molecular complexity index is 146. The zero-order valence-corrected chi connectivity index (χ0v) is 9.35. The Kier molecular flexibility index (Phi) is 2.85. The van der Waals surface area contributed by atoms with Crippen LogP contribution in [0, 0.1) is 23.2 Å². The van der Waals surface area contributed by atoms with Gasteiger partial charge in [0.1, 0.15) is 0 Å². The van der Waals surface area contributed by atoms with Gasteiger partial charge in [-0.1, -0.05) is 47.5 Å². The minimum absolute atomic E-state index is 0.576. The Balaban J connectivity index is 2.76.